The minimum atomic E-state index is -0.373. The molecule has 1 rings (SSSR count). The molecule has 0 bridgehead atoms. The Kier molecular flexibility index (Phi) is 51.3. The van der Waals surface area contributed by atoms with Gasteiger partial charge in [0.2, 0.25) is 0 Å². The zero-order valence-corrected chi connectivity index (χ0v) is 49.7. The number of unbranched alkanes of at least 4 members (excludes halogenated alkanes) is 25. The van der Waals surface area contributed by atoms with E-state index in [2.05, 4.69) is 47.3 Å². The lowest BCUT2D eigenvalue weighted by atomic mass is 10.0. The van der Waals surface area contributed by atoms with Crippen LogP contribution in [0.2, 0.25) is 0 Å². The van der Waals surface area contributed by atoms with Gasteiger partial charge in [-0.3, -0.25) is 24.4 Å². The fraction of sp³-hybridized carbons (Fsp3) is 0.983. The largest absolute Gasteiger partial charge is 0.464 e. The van der Waals surface area contributed by atoms with Crippen LogP contribution in [0.15, 0.2) is 0 Å². The highest BCUT2D eigenvalue weighted by molar-refractivity contribution is 8.76. The third-order valence-electron chi connectivity index (χ3n) is 15.0. The van der Waals surface area contributed by atoms with Gasteiger partial charge in [0.15, 0.2) is 0 Å². The highest BCUT2D eigenvalue weighted by Crippen LogP contribution is 2.23. The number of carbonyl (C=O) groups excluding carboxylic acids is 1. The van der Waals surface area contributed by atoms with Crippen LogP contribution in [0.3, 0.4) is 0 Å². The number of hydrogen-bond donors (Lipinski definition) is 4. The van der Waals surface area contributed by atoms with Crippen molar-refractivity contribution in [2.45, 2.75) is 283 Å². The standard InChI is InChI=1S/C60H122N4O6S2/c1-5-9-13-17-21-23-27-31-38-58(67)54-64(55-59(68)39-32-28-24-22-18-14-10-6-2)42-35-50-71-72-51-48-62-45-43-61(44-46-62)47-49-70-60(69)40-33-34-41-63(52-56(65)36-29-25-19-15-11-7-3)53-57(66)37-30-26-20-16-12-8-4/h56-59,65-68H,5-55H2,1-4H3. The number of aliphatic hydroxyl groups excluding tert-OH is 4. The number of nitrogens with zero attached hydrogens (tertiary/aromatic N) is 4. The molecule has 430 valence electrons. The van der Waals surface area contributed by atoms with Crippen LogP contribution >= 0.6 is 21.6 Å². The second-order valence-corrected chi connectivity index (χ2v) is 24.8. The zero-order chi connectivity index (χ0) is 52.4. The van der Waals surface area contributed by atoms with E-state index < -0.39 is 0 Å². The third-order valence-corrected chi connectivity index (χ3v) is 17.4. The molecule has 4 N–H and O–H groups in total. The van der Waals surface area contributed by atoms with Gasteiger partial charge in [0, 0.05) is 83.4 Å². The maximum absolute atomic E-state index is 12.7. The molecule has 10 nitrogen and oxygen atoms in total. The highest BCUT2D eigenvalue weighted by Gasteiger charge is 2.20. The van der Waals surface area contributed by atoms with E-state index in [1.54, 1.807) is 0 Å². The number of hydrogen-bond acceptors (Lipinski definition) is 12. The molecule has 1 aliphatic rings. The summed E-state index contributed by atoms with van der Waals surface area (Å²) in [5.41, 5.74) is 0. The van der Waals surface area contributed by atoms with Crippen molar-refractivity contribution < 1.29 is 30.0 Å². The number of rotatable bonds is 56. The van der Waals surface area contributed by atoms with Crippen molar-refractivity contribution in [2.24, 2.45) is 0 Å². The van der Waals surface area contributed by atoms with E-state index in [1.165, 1.54) is 154 Å². The molecule has 0 radical (unpaired) electrons. The zero-order valence-electron chi connectivity index (χ0n) is 48.1. The number of esters is 1. The maximum atomic E-state index is 12.7. The summed E-state index contributed by atoms with van der Waals surface area (Å²) in [6.07, 6.45) is 40.2. The van der Waals surface area contributed by atoms with Gasteiger partial charge >= 0.3 is 5.97 Å². The van der Waals surface area contributed by atoms with Gasteiger partial charge in [-0.25, -0.2) is 0 Å². The van der Waals surface area contributed by atoms with Crippen molar-refractivity contribution in [1.82, 2.24) is 19.6 Å². The summed E-state index contributed by atoms with van der Waals surface area (Å²) in [5.74, 6) is 2.08. The number of ether oxygens (including phenoxy) is 1. The molecule has 4 atom stereocenters. The predicted octanol–water partition coefficient (Wildman–Crippen LogP) is 13.7. The normalized spacial score (nSPS) is 15.5. The van der Waals surface area contributed by atoms with Crippen LogP contribution in [0.4, 0.5) is 0 Å². The molecule has 0 amide bonds. The molecule has 4 unspecified atom stereocenters. The number of piperazine rings is 1. The lowest BCUT2D eigenvalue weighted by molar-refractivity contribution is -0.144. The van der Waals surface area contributed by atoms with E-state index in [0.717, 1.165) is 134 Å². The van der Waals surface area contributed by atoms with E-state index in [0.29, 0.717) is 39.2 Å². The Hall–Kier alpha value is -0.150. The van der Waals surface area contributed by atoms with Gasteiger partial charge in [0.25, 0.3) is 0 Å². The second kappa shape index (κ2) is 52.9. The summed E-state index contributed by atoms with van der Waals surface area (Å²) in [6, 6.07) is 0. The highest BCUT2D eigenvalue weighted by atomic mass is 33.1. The molecule has 1 heterocycles. The first-order valence-electron chi connectivity index (χ1n) is 31.2. The summed E-state index contributed by atoms with van der Waals surface area (Å²) in [4.78, 5) is 22.3. The fourth-order valence-corrected chi connectivity index (χ4v) is 12.4. The van der Waals surface area contributed by atoms with Crippen LogP contribution in [0.1, 0.15) is 259 Å². The molecule has 0 saturated carbocycles. The fourth-order valence-electron chi connectivity index (χ4n) is 10.3. The SMILES string of the molecule is CCCCCCCCCCC(O)CN(CCCSSCCN1CCN(CCOC(=O)CCCCN(CC(O)CCCCCCCC)CC(O)CCCCCCCC)CC1)CC(O)CCCCCCCCCC. The van der Waals surface area contributed by atoms with Crippen LogP contribution < -0.4 is 0 Å². The summed E-state index contributed by atoms with van der Waals surface area (Å²) in [6.45, 7) is 19.7. The first kappa shape index (κ1) is 69.9. The molecular weight excluding hydrogens is 937 g/mol. The van der Waals surface area contributed by atoms with Crippen LogP contribution in [0.5, 0.6) is 0 Å². The number of aliphatic hydroxyl groups is 4. The van der Waals surface area contributed by atoms with Crippen LogP contribution in [0, 0.1) is 0 Å². The Morgan fingerprint density at radius 1 is 0.417 bits per heavy atom. The summed E-state index contributed by atoms with van der Waals surface area (Å²) >= 11 is 0. The molecule has 0 aliphatic carbocycles. The predicted molar refractivity (Wildman–Crippen MR) is 315 cm³/mol. The van der Waals surface area contributed by atoms with Gasteiger partial charge in [-0.05, 0) is 58.0 Å². The van der Waals surface area contributed by atoms with Crippen molar-refractivity contribution in [2.75, 3.05) is 96.6 Å². The molecular formula is C60H122N4O6S2. The lowest BCUT2D eigenvalue weighted by Gasteiger charge is -2.34. The van der Waals surface area contributed by atoms with Crippen molar-refractivity contribution in [1.29, 1.82) is 0 Å². The van der Waals surface area contributed by atoms with Crippen LogP contribution in [0.25, 0.3) is 0 Å². The minimum Gasteiger partial charge on any atom is -0.464 e. The lowest BCUT2D eigenvalue weighted by Crippen LogP contribution is -2.47. The van der Waals surface area contributed by atoms with E-state index in [-0.39, 0.29) is 30.4 Å². The second-order valence-electron chi connectivity index (χ2n) is 22.1. The van der Waals surface area contributed by atoms with Gasteiger partial charge in [-0.2, -0.15) is 0 Å². The Morgan fingerprint density at radius 3 is 1.11 bits per heavy atom. The van der Waals surface area contributed by atoms with Gasteiger partial charge in [-0.15, -0.1) is 0 Å². The van der Waals surface area contributed by atoms with Crippen molar-refractivity contribution in [3.8, 4) is 0 Å². The van der Waals surface area contributed by atoms with E-state index in [1.807, 2.05) is 21.6 Å². The van der Waals surface area contributed by atoms with E-state index in [4.69, 9.17) is 4.74 Å². The Labute approximate surface area is 454 Å². The summed E-state index contributed by atoms with van der Waals surface area (Å²) in [7, 11) is 3.94. The quantitative estimate of drug-likeness (QED) is 0.0264. The maximum Gasteiger partial charge on any atom is 0.305 e. The monoisotopic (exact) mass is 1060 g/mol. The first-order valence-corrected chi connectivity index (χ1v) is 33.7. The first-order chi connectivity index (χ1) is 35.2. The van der Waals surface area contributed by atoms with E-state index in [9.17, 15) is 25.2 Å². The molecule has 12 heteroatoms. The Balaban J connectivity index is 2.32. The minimum absolute atomic E-state index is 0.119. The average Bonchev–Trinajstić information content (AvgIpc) is 3.36. The Bertz CT molecular complexity index is 1070. The molecule has 0 aromatic heterocycles. The van der Waals surface area contributed by atoms with Crippen molar-refractivity contribution in [3.05, 3.63) is 0 Å². The van der Waals surface area contributed by atoms with Gasteiger partial charge in [-0.1, -0.05) is 229 Å². The van der Waals surface area contributed by atoms with Gasteiger partial charge in [0.1, 0.15) is 6.61 Å². The average molecular weight is 1060 g/mol. The smallest absolute Gasteiger partial charge is 0.305 e. The molecule has 1 fully saturated rings. The Morgan fingerprint density at radius 2 is 0.736 bits per heavy atom. The number of carbonyl (C=O) groups is 1. The van der Waals surface area contributed by atoms with Crippen molar-refractivity contribution >= 4 is 27.6 Å². The molecule has 1 saturated heterocycles. The van der Waals surface area contributed by atoms with E-state index >= 15 is 0 Å². The summed E-state index contributed by atoms with van der Waals surface area (Å²) < 4.78 is 5.68. The van der Waals surface area contributed by atoms with Gasteiger partial charge in [0.05, 0.1) is 24.4 Å². The molecule has 72 heavy (non-hydrogen) atoms. The van der Waals surface area contributed by atoms with Crippen LogP contribution in [-0.4, -0.2) is 167 Å². The molecule has 0 aromatic rings. The third kappa shape index (κ3) is 46.0. The molecule has 1 aliphatic heterocycles. The summed E-state index contributed by atoms with van der Waals surface area (Å²) in [5, 5.41) is 43.8. The van der Waals surface area contributed by atoms with Crippen LogP contribution in [-0.2, 0) is 9.53 Å². The van der Waals surface area contributed by atoms with Gasteiger partial charge < -0.3 is 25.2 Å². The molecule has 0 aromatic carbocycles. The molecule has 0 spiro atoms. The topological polar surface area (TPSA) is 120 Å². The van der Waals surface area contributed by atoms with Crippen molar-refractivity contribution in [3.63, 3.8) is 0 Å².